The number of carbonyl (C=O) groups excluding carboxylic acids is 1. The summed E-state index contributed by atoms with van der Waals surface area (Å²) in [5.74, 6) is -5.69. The van der Waals surface area contributed by atoms with Crippen molar-refractivity contribution in [2.45, 2.75) is 26.5 Å². The summed E-state index contributed by atoms with van der Waals surface area (Å²) in [6.45, 7) is 3.46. The van der Waals surface area contributed by atoms with E-state index in [9.17, 15) is 22.8 Å². The lowest BCUT2D eigenvalue weighted by atomic mass is 10.1. The van der Waals surface area contributed by atoms with Crippen LogP contribution in [0.4, 0.5) is 13.2 Å². The third kappa shape index (κ3) is 4.63. The van der Waals surface area contributed by atoms with Crippen molar-refractivity contribution in [2.75, 3.05) is 6.61 Å². The molecule has 0 saturated heterocycles. The Morgan fingerprint density at radius 2 is 1.87 bits per heavy atom. The highest BCUT2D eigenvalue weighted by Crippen LogP contribution is 2.25. The van der Waals surface area contributed by atoms with Gasteiger partial charge in [-0.3, -0.25) is 4.79 Å². The summed E-state index contributed by atoms with van der Waals surface area (Å²) in [4.78, 5) is 24.8. The number of aromatic nitrogens is 1. The van der Waals surface area contributed by atoms with E-state index in [0.29, 0.717) is 6.07 Å². The number of ether oxygens (including phenoxy) is 2. The summed E-state index contributed by atoms with van der Waals surface area (Å²) in [6, 6.07) is 9.27. The summed E-state index contributed by atoms with van der Waals surface area (Å²) < 4.78 is 53.8. The molecule has 0 radical (unpaired) electrons. The number of benzene rings is 2. The smallest absolute Gasteiger partial charge is 0.343 e. The molecule has 0 amide bonds. The molecular weight excluding hydrogens is 411 g/mol. The van der Waals surface area contributed by atoms with E-state index in [2.05, 4.69) is 0 Å². The van der Waals surface area contributed by atoms with Crippen molar-refractivity contribution in [3.05, 3.63) is 93.7 Å². The quantitative estimate of drug-likeness (QED) is 0.304. The summed E-state index contributed by atoms with van der Waals surface area (Å²) >= 11 is 0. The molecule has 0 saturated carbocycles. The van der Waals surface area contributed by atoms with Gasteiger partial charge in [0.15, 0.2) is 17.5 Å². The van der Waals surface area contributed by atoms with Gasteiger partial charge in [0.05, 0.1) is 29.8 Å². The van der Waals surface area contributed by atoms with Crippen molar-refractivity contribution in [3.8, 4) is 0 Å². The lowest BCUT2D eigenvalue weighted by Gasteiger charge is -2.18. The van der Waals surface area contributed by atoms with Gasteiger partial charge in [-0.25, -0.2) is 18.0 Å². The number of pyridine rings is 1. The molecule has 0 aliphatic heterocycles. The third-order valence-corrected chi connectivity index (χ3v) is 4.63. The minimum absolute atomic E-state index is 0.00519. The number of rotatable bonds is 7. The van der Waals surface area contributed by atoms with Gasteiger partial charge in [-0.1, -0.05) is 30.3 Å². The summed E-state index contributed by atoms with van der Waals surface area (Å²) in [6.07, 6.45) is 3.99. The molecule has 2 aromatic carbocycles. The average Bonchev–Trinajstić information content (AvgIpc) is 2.76. The zero-order chi connectivity index (χ0) is 22.5. The van der Waals surface area contributed by atoms with Gasteiger partial charge in [-0.2, -0.15) is 0 Å². The molecule has 0 aliphatic rings. The Bertz CT molecular complexity index is 1190. The van der Waals surface area contributed by atoms with Crippen LogP contribution in [-0.2, 0) is 16.1 Å². The van der Waals surface area contributed by atoms with Crippen molar-refractivity contribution in [3.63, 3.8) is 0 Å². The zero-order valence-corrected chi connectivity index (χ0v) is 16.9. The lowest BCUT2D eigenvalue weighted by molar-refractivity contribution is 0.0524. The molecule has 0 fully saturated rings. The molecule has 3 aromatic rings. The maximum atomic E-state index is 14.6. The number of fused-ring (bicyclic) bond motifs is 1. The average molecular weight is 431 g/mol. The van der Waals surface area contributed by atoms with Crippen LogP contribution in [0.5, 0.6) is 0 Å². The van der Waals surface area contributed by atoms with Crippen molar-refractivity contribution in [1.29, 1.82) is 0 Å². The Hall–Kier alpha value is -3.55. The molecule has 0 spiro atoms. The van der Waals surface area contributed by atoms with Crippen LogP contribution in [0.25, 0.3) is 10.9 Å². The fraction of sp³-hybridized carbons (Fsp3) is 0.217. The Morgan fingerprint density at radius 1 is 1.16 bits per heavy atom. The van der Waals surface area contributed by atoms with Crippen LogP contribution in [-0.4, -0.2) is 17.1 Å². The lowest BCUT2D eigenvalue weighted by Crippen LogP contribution is -2.23. The number of nitrogens with zero attached hydrogens (tertiary/aromatic N) is 1. The van der Waals surface area contributed by atoms with Gasteiger partial charge in [0.2, 0.25) is 5.43 Å². The van der Waals surface area contributed by atoms with Gasteiger partial charge >= 0.3 is 5.97 Å². The molecule has 1 unspecified atom stereocenters. The van der Waals surface area contributed by atoms with Crippen molar-refractivity contribution in [2.24, 2.45) is 0 Å². The third-order valence-electron chi connectivity index (χ3n) is 4.63. The van der Waals surface area contributed by atoms with Crippen LogP contribution in [0.1, 0.15) is 35.8 Å². The topological polar surface area (TPSA) is 57.5 Å². The van der Waals surface area contributed by atoms with Crippen LogP contribution >= 0.6 is 0 Å². The molecule has 0 N–H and O–H groups in total. The predicted octanol–water partition coefficient (Wildman–Crippen LogP) is 4.89. The van der Waals surface area contributed by atoms with Crippen LogP contribution in [0.2, 0.25) is 0 Å². The highest BCUT2D eigenvalue weighted by molar-refractivity contribution is 5.94. The van der Waals surface area contributed by atoms with Crippen LogP contribution in [0.3, 0.4) is 0 Å². The van der Waals surface area contributed by atoms with E-state index in [-0.39, 0.29) is 13.2 Å². The summed E-state index contributed by atoms with van der Waals surface area (Å²) in [7, 11) is 0. The van der Waals surface area contributed by atoms with Gasteiger partial charge in [0, 0.05) is 6.20 Å². The fourth-order valence-corrected chi connectivity index (χ4v) is 3.07. The first-order valence-electron chi connectivity index (χ1n) is 9.56. The van der Waals surface area contributed by atoms with Crippen LogP contribution in [0, 0.1) is 17.5 Å². The van der Waals surface area contributed by atoms with E-state index < -0.39 is 51.4 Å². The first-order valence-corrected chi connectivity index (χ1v) is 9.56. The molecule has 3 rings (SSSR count). The van der Waals surface area contributed by atoms with E-state index in [0.717, 1.165) is 11.8 Å². The molecule has 1 heterocycles. The van der Waals surface area contributed by atoms with E-state index >= 15 is 0 Å². The van der Waals surface area contributed by atoms with Gasteiger partial charge in [-0.05, 0) is 31.6 Å². The van der Waals surface area contributed by atoms with E-state index in [1.165, 1.54) is 16.9 Å². The minimum atomic E-state index is -1.71. The monoisotopic (exact) mass is 431 g/mol. The van der Waals surface area contributed by atoms with Crippen molar-refractivity contribution < 1.29 is 27.4 Å². The van der Waals surface area contributed by atoms with E-state index in [1.54, 1.807) is 13.8 Å². The minimum Gasteiger partial charge on any atom is -0.497 e. The molecule has 0 bridgehead atoms. The molecule has 31 heavy (non-hydrogen) atoms. The second-order valence-electron chi connectivity index (χ2n) is 6.75. The molecular formula is C23H20F3NO4. The molecule has 162 valence electrons. The van der Waals surface area contributed by atoms with Gasteiger partial charge in [0.25, 0.3) is 0 Å². The van der Waals surface area contributed by atoms with Gasteiger partial charge in [-0.15, -0.1) is 0 Å². The summed E-state index contributed by atoms with van der Waals surface area (Å²) in [5, 5.41) is -0.465. The number of halogens is 3. The molecule has 5 nitrogen and oxygen atoms in total. The number of carbonyl (C=O) groups is 1. The molecule has 8 heteroatoms. The SMILES string of the molecule is CCOC(=O)c1cn(C(C)C=COCc2ccccc2)c2c(F)c(F)c(F)cc2c1=O. The second-order valence-corrected chi connectivity index (χ2v) is 6.75. The van der Waals surface area contributed by atoms with Gasteiger partial charge in [0.1, 0.15) is 12.2 Å². The first kappa shape index (κ1) is 22.1. The molecule has 1 atom stereocenters. The fourth-order valence-electron chi connectivity index (χ4n) is 3.07. The van der Waals surface area contributed by atoms with E-state index in [1.807, 2.05) is 30.3 Å². The van der Waals surface area contributed by atoms with Crippen molar-refractivity contribution >= 4 is 16.9 Å². The normalized spacial score (nSPS) is 12.3. The maximum absolute atomic E-state index is 14.6. The number of hydrogen-bond acceptors (Lipinski definition) is 4. The number of allylic oxidation sites excluding steroid dienone is 1. The Morgan fingerprint density at radius 3 is 2.55 bits per heavy atom. The second kappa shape index (κ2) is 9.51. The number of esters is 1. The highest BCUT2D eigenvalue weighted by atomic mass is 19.2. The molecule has 1 aromatic heterocycles. The number of hydrogen-bond donors (Lipinski definition) is 0. The standard InChI is InChI=1S/C23H20F3NO4/c1-3-31-23(29)17-12-27(14(2)9-10-30-13-15-7-5-4-6-8-15)21-16(22(17)28)11-18(24)19(25)20(21)26/h4-12,14H,3,13H2,1-2H3. The Labute approximate surface area is 176 Å². The first-order chi connectivity index (χ1) is 14.8. The maximum Gasteiger partial charge on any atom is 0.343 e. The zero-order valence-electron chi connectivity index (χ0n) is 16.9. The molecule has 0 aliphatic carbocycles. The predicted molar refractivity (Wildman–Crippen MR) is 109 cm³/mol. The Kier molecular flexibility index (Phi) is 6.79. The van der Waals surface area contributed by atoms with Crippen LogP contribution in [0.15, 0.2) is 59.7 Å². The van der Waals surface area contributed by atoms with Crippen molar-refractivity contribution in [1.82, 2.24) is 4.57 Å². The largest absolute Gasteiger partial charge is 0.497 e. The Balaban J connectivity index is 2.03. The van der Waals surface area contributed by atoms with Gasteiger partial charge < -0.3 is 14.0 Å². The van der Waals surface area contributed by atoms with Crippen LogP contribution < -0.4 is 5.43 Å². The highest BCUT2D eigenvalue weighted by Gasteiger charge is 2.24. The van der Waals surface area contributed by atoms with E-state index in [4.69, 9.17) is 9.47 Å². The summed E-state index contributed by atoms with van der Waals surface area (Å²) in [5.41, 5.74) is -0.886.